The second-order valence-corrected chi connectivity index (χ2v) is 5.90. The number of nitrogens with one attached hydrogen (secondary N) is 1. The molecule has 1 aliphatic carbocycles. The van der Waals surface area contributed by atoms with Gasteiger partial charge in [0.15, 0.2) is 5.82 Å². The van der Waals surface area contributed by atoms with E-state index in [1.165, 1.54) is 12.8 Å². The van der Waals surface area contributed by atoms with Crippen molar-refractivity contribution in [3.05, 3.63) is 40.3 Å². The predicted molar refractivity (Wildman–Crippen MR) is 80.9 cm³/mol. The van der Waals surface area contributed by atoms with Crippen molar-refractivity contribution >= 4 is 17.5 Å². The molecule has 0 aromatic carbocycles. The highest BCUT2D eigenvalue weighted by atomic mass is 35.5. The first-order chi connectivity index (χ1) is 10.0. The molecular formula is C15H17ClN4O. The molecule has 3 rings (SSSR count). The van der Waals surface area contributed by atoms with Crippen molar-refractivity contribution in [2.45, 2.75) is 26.7 Å². The van der Waals surface area contributed by atoms with Gasteiger partial charge in [0.2, 0.25) is 0 Å². The van der Waals surface area contributed by atoms with Crippen LogP contribution >= 0.6 is 11.6 Å². The predicted octanol–water partition coefficient (Wildman–Crippen LogP) is 2.68. The lowest BCUT2D eigenvalue weighted by atomic mass is 10.3. The molecule has 1 saturated carbocycles. The number of hydrogen-bond donors (Lipinski definition) is 1. The molecule has 0 atom stereocenters. The quantitative estimate of drug-likeness (QED) is 0.944. The van der Waals surface area contributed by atoms with Gasteiger partial charge in [0.1, 0.15) is 5.69 Å². The molecule has 21 heavy (non-hydrogen) atoms. The van der Waals surface area contributed by atoms with Crippen LogP contribution in [0.3, 0.4) is 0 Å². The van der Waals surface area contributed by atoms with E-state index in [1.807, 2.05) is 19.9 Å². The fourth-order valence-electron chi connectivity index (χ4n) is 2.21. The number of nitrogens with zero attached hydrogens (tertiary/aromatic N) is 3. The van der Waals surface area contributed by atoms with Gasteiger partial charge in [-0.3, -0.25) is 4.79 Å². The molecule has 1 N–H and O–H groups in total. The Labute approximate surface area is 128 Å². The zero-order valence-electron chi connectivity index (χ0n) is 12.1. The van der Waals surface area contributed by atoms with E-state index in [2.05, 4.69) is 15.4 Å². The molecule has 0 aliphatic heterocycles. The van der Waals surface area contributed by atoms with Crippen LogP contribution in [0.5, 0.6) is 0 Å². The van der Waals surface area contributed by atoms with Crippen molar-refractivity contribution in [3.63, 3.8) is 0 Å². The first-order valence-corrected chi connectivity index (χ1v) is 7.41. The molecule has 1 amide bonds. The molecule has 0 radical (unpaired) electrons. The van der Waals surface area contributed by atoms with Gasteiger partial charge in [0, 0.05) is 12.2 Å². The summed E-state index contributed by atoms with van der Waals surface area (Å²) in [5, 5.41) is 7.61. The van der Waals surface area contributed by atoms with Crippen LogP contribution in [-0.2, 0) is 0 Å². The summed E-state index contributed by atoms with van der Waals surface area (Å²) in [6.45, 7) is 4.56. The Balaban J connectivity index is 1.88. The van der Waals surface area contributed by atoms with Crippen molar-refractivity contribution in [2.75, 3.05) is 6.54 Å². The summed E-state index contributed by atoms with van der Waals surface area (Å²) < 4.78 is 1.71. The van der Waals surface area contributed by atoms with Crippen LogP contribution in [0.4, 0.5) is 0 Å². The maximum atomic E-state index is 12.2. The molecule has 0 bridgehead atoms. The summed E-state index contributed by atoms with van der Waals surface area (Å²) in [7, 11) is 0. The number of aromatic nitrogens is 3. The minimum atomic E-state index is -0.227. The molecule has 5 nitrogen and oxygen atoms in total. The van der Waals surface area contributed by atoms with Gasteiger partial charge in [-0.25, -0.2) is 9.67 Å². The van der Waals surface area contributed by atoms with E-state index in [1.54, 1.807) is 16.8 Å². The van der Waals surface area contributed by atoms with Gasteiger partial charge in [0.25, 0.3) is 5.91 Å². The number of carbonyl (C=O) groups is 1. The van der Waals surface area contributed by atoms with E-state index in [4.69, 9.17) is 11.6 Å². The van der Waals surface area contributed by atoms with Crippen LogP contribution < -0.4 is 5.32 Å². The number of aryl methyl sites for hydroxylation is 2. The molecule has 2 aromatic heterocycles. The number of pyridine rings is 1. The molecule has 0 spiro atoms. The van der Waals surface area contributed by atoms with Gasteiger partial charge >= 0.3 is 0 Å². The maximum absolute atomic E-state index is 12.2. The van der Waals surface area contributed by atoms with E-state index in [9.17, 15) is 4.79 Å². The third-order valence-corrected chi connectivity index (χ3v) is 3.83. The fraction of sp³-hybridized carbons (Fsp3) is 0.400. The number of carbonyl (C=O) groups excluding carboxylic acids is 1. The average molecular weight is 305 g/mol. The Kier molecular flexibility index (Phi) is 3.68. The Hall–Kier alpha value is -1.88. The Morgan fingerprint density at radius 1 is 1.43 bits per heavy atom. The maximum Gasteiger partial charge on any atom is 0.271 e. The molecule has 1 fully saturated rings. The van der Waals surface area contributed by atoms with Crippen LogP contribution in [0.1, 0.15) is 34.7 Å². The third kappa shape index (κ3) is 3.08. The lowest BCUT2D eigenvalue weighted by Crippen LogP contribution is -2.27. The molecule has 2 aromatic rings. The van der Waals surface area contributed by atoms with Gasteiger partial charge in [0.05, 0.1) is 10.7 Å². The highest BCUT2D eigenvalue weighted by Gasteiger charge is 2.23. The van der Waals surface area contributed by atoms with Gasteiger partial charge in [-0.05, 0) is 50.8 Å². The summed E-state index contributed by atoms with van der Waals surface area (Å²) >= 11 is 6.10. The topological polar surface area (TPSA) is 59.8 Å². The summed E-state index contributed by atoms with van der Waals surface area (Å²) in [4.78, 5) is 16.6. The van der Waals surface area contributed by atoms with Crippen molar-refractivity contribution < 1.29 is 4.79 Å². The minimum Gasteiger partial charge on any atom is -0.350 e. The van der Waals surface area contributed by atoms with Crippen LogP contribution in [-0.4, -0.2) is 27.2 Å². The van der Waals surface area contributed by atoms with E-state index < -0.39 is 0 Å². The van der Waals surface area contributed by atoms with Crippen molar-refractivity contribution in [3.8, 4) is 5.82 Å². The van der Waals surface area contributed by atoms with Gasteiger partial charge in [-0.15, -0.1) is 0 Å². The highest BCUT2D eigenvalue weighted by molar-refractivity contribution is 6.33. The molecule has 0 unspecified atom stereocenters. The minimum absolute atomic E-state index is 0.227. The zero-order valence-corrected chi connectivity index (χ0v) is 12.8. The smallest absolute Gasteiger partial charge is 0.271 e. The number of hydrogen-bond acceptors (Lipinski definition) is 3. The Morgan fingerprint density at radius 3 is 2.81 bits per heavy atom. The SMILES string of the molecule is Cc1cc(C)n(-c2ccc(Cl)c(C(=O)NCC3CC3)n2)n1. The number of halogens is 1. The second-order valence-electron chi connectivity index (χ2n) is 5.49. The van der Waals surface area contributed by atoms with Crippen molar-refractivity contribution in [2.24, 2.45) is 5.92 Å². The van der Waals surface area contributed by atoms with E-state index in [-0.39, 0.29) is 11.6 Å². The number of amides is 1. The lowest BCUT2D eigenvalue weighted by molar-refractivity contribution is 0.0947. The Bertz CT molecular complexity index is 691. The first kappa shape index (κ1) is 14.1. The molecular weight excluding hydrogens is 288 g/mol. The average Bonchev–Trinajstić information content (AvgIpc) is 3.21. The highest BCUT2D eigenvalue weighted by Crippen LogP contribution is 2.27. The van der Waals surface area contributed by atoms with E-state index >= 15 is 0 Å². The Morgan fingerprint density at radius 2 is 2.19 bits per heavy atom. The van der Waals surface area contributed by atoms with Crippen molar-refractivity contribution in [1.82, 2.24) is 20.1 Å². The van der Waals surface area contributed by atoms with Crippen LogP contribution in [0, 0.1) is 19.8 Å². The third-order valence-electron chi connectivity index (χ3n) is 3.52. The van der Waals surface area contributed by atoms with Crippen molar-refractivity contribution in [1.29, 1.82) is 0 Å². The summed E-state index contributed by atoms with van der Waals surface area (Å²) in [6, 6.07) is 5.41. The molecule has 6 heteroatoms. The fourth-order valence-corrected chi connectivity index (χ4v) is 2.40. The second kappa shape index (κ2) is 5.48. The zero-order chi connectivity index (χ0) is 15.0. The van der Waals surface area contributed by atoms with E-state index in [0.717, 1.165) is 11.4 Å². The van der Waals surface area contributed by atoms with Gasteiger partial charge < -0.3 is 5.32 Å². The van der Waals surface area contributed by atoms with Gasteiger partial charge in [-0.2, -0.15) is 5.10 Å². The molecule has 110 valence electrons. The lowest BCUT2D eigenvalue weighted by Gasteiger charge is -2.08. The largest absolute Gasteiger partial charge is 0.350 e. The molecule has 0 saturated heterocycles. The first-order valence-electron chi connectivity index (χ1n) is 7.03. The summed E-state index contributed by atoms with van der Waals surface area (Å²) in [6.07, 6.45) is 2.38. The molecule has 1 aliphatic rings. The van der Waals surface area contributed by atoms with Crippen LogP contribution in [0.25, 0.3) is 5.82 Å². The standard InChI is InChI=1S/C15H17ClN4O/c1-9-7-10(2)20(19-9)13-6-5-12(16)14(18-13)15(21)17-8-11-3-4-11/h5-7,11H,3-4,8H2,1-2H3,(H,17,21). The summed E-state index contributed by atoms with van der Waals surface area (Å²) in [5.74, 6) is 0.990. The normalized spacial score (nSPS) is 14.2. The van der Waals surface area contributed by atoms with Crippen LogP contribution in [0.2, 0.25) is 5.02 Å². The molecule has 2 heterocycles. The van der Waals surface area contributed by atoms with Gasteiger partial charge in [-0.1, -0.05) is 11.6 Å². The van der Waals surface area contributed by atoms with Crippen LogP contribution in [0.15, 0.2) is 18.2 Å². The summed E-state index contributed by atoms with van der Waals surface area (Å²) in [5.41, 5.74) is 2.12. The number of rotatable bonds is 4. The van der Waals surface area contributed by atoms with E-state index in [0.29, 0.717) is 23.3 Å². The monoisotopic (exact) mass is 304 g/mol.